The Morgan fingerprint density at radius 3 is 3.18 bits per heavy atom. The van der Waals surface area contributed by atoms with Gasteiger partial charge in [0, 0.05) is 5.02 Å². The highest BCUT2D eigenvalue weighted by Gasteiger charge is 2.00. The highest BCUT2D eigenvalue weighted by Crippen LogP contribution is 2.19. The van der Waals surface area contributed by atoms with Gasteiger partial charge in [0.25, 0.3) is 0 Å². The molecule has 2 aromatic rings. The maximum absolute atomic E-state index is 5.82. The normalized spacial score (nSPS) is 10.7. The molecule has 0 atom stereocenters. The maximum Gasteiger partial charge on any atom is 0.174 e. The largest absolute Gasteiger partial charge is 0.335 e. The minimum absolute atomic E-state index is 0.729. The molecule has 1 radical (unpaired) electrons. The fourth-order valence-electron chi connectivity index (χ4n) is 1.12. The van der Waals surface area contributed by atoms with Crippen LogP contribution in [0.4, 0.5) is 0 Å². The lowest BCUT2D eigenvalue weighted by Crippen LogP contribution is -1.76. The van der Waals surface area contributed by atoms with E-state index in [9.17, 15) is 0 Å². The van der Waals surface area contributed by atoms with Crippen LogP contribution < -0.4 is 0 Å². The van der Waals surface area contributed by atoms with Crippen molar-refractivity contribution in [2.75, 3.05) is 0 Å². The van der Waals surface area contributed by atoms with Crippen molar-refractivity contribution in [3.8, 4) is 0 Å². The molecule has 1 heterocycles. The van der Waals surface area contributed by atoms with Crippen molar-refractivity contribution in [3.05, 3.63) is 29.0 Å². The second-order valence-corrected chi connectivity index (χ2v) is 2.90. The first-order valence-electron chi connectivity index (χ1n) is 3.29. The number of imidazole rings is 1. The summed E-state index contributed by atoms with van der Waals surface area (Å²) in [6.07, 6.45) is 2.67. The van der Waals surface area contributed by atoms with Crippen LogP contribution in [0.3, 0.4) is 0 Å². The summed E-state index contributed by atoms with van der Waals surface area (Å²) in [5.74, 6) is 0. The van der Waals surface area contributed by atoms with Crippen molar-refractivity contribution in [2.45, 2.75) is 6.92 Å². The molecule has 1 aromatic carbocycles. The van der Waals surface area contributed by atoms with Gasteiger partial charge < -0.3 is 4.98 Å². The zero-order valence-corrected chi connectivity index (χ0v) is 6.74. The van der Waals surface area contributed by atoms with E-state index < -0.39 is 0 Å². The molecule has 55 valence electrons. The summed E-state index contributed by atoms with van der Waals surface area (Å²) >= 11 is 5.82. The number of fused-ring (bicyclic) bond motifs is 1. The third-order valence-electron chi connectivity index (χ3n) is 1.62. The standard InChI is InChI=1S/C8H6ClN2/c1-5-2-6(9)3-7-8(5)11-4-10-7/h2-3H,1H3,(H,10,11). The highest BCUT2D eigenvalue weighted by molar-refractivity contribution is 6.31. The summed E-state index contributed by atoms with van der Waals surface area (Å²) in [6.45, 7) is 1.98. The van der Waals surface area contributed by atoms with E-state index in [1.54, 1.807) is 0 Å². The number of aryl methyl sites for hydroxylation is 1. The fourth-order valence-corrected chi connectivity index (χ4v) is 1.40. The molecule has 0 saturated carbocycles. The molecule has 2 rings (SSSR count). The average Bonchev–Trinajstić information content (AvgIpc) is 2.34. The fraction of sp³-hybridized carbons (Fsp3) is 0.125. The predicted octanol–water partition coefficient (Wildman–Crippen LogP) is 2.32. The lowest BCUT2D eigenvalue weighted by molar-refractivity contribution is 1.31. The number of halogens is 1. The van der Waals surface area contributed by atoms with E-state index in [1.807, 2.05) is 19.1 Å². The Hall–Kier alpha value is -1.02. The number of hydrogen-bond acceptors (Lipinski definition) is 1. The topological polar surface area (TPSA) is 28.7 Å². The number of aromatic amines is 1. The summed E-state index contributed by atoms with van der Waals surface area (Å²) < 4.78 is 0. The lowest BCUT2D eigenvalue weighted by Gasteiger charge is -1.94. The number of nitrogens with one attached hydrogen (secondary N) is 1. The van der Waals surface area contributed by atoms with Crippen LogP contribution in [0, 0.1) is 13.3 Å². The SMILES string of the molecule is Cc1cc(Cl)cc2[nH][c]nc12. The van der Waals surface area contributed by atoms with Crippen molar-refractivity contribution < 1.29 is 0 Å². The zero-order valence-electron chi connectivity index (χ0n) is 5.98. The van der Waals surface area contributed by atoms with Crippen LogP contribution in [0.5, 0.6) is 0 Å². The first-order chi connectivity index (χ1) is 5.27. The molecule has 0 spiro atoms. The number of nitrogens with zero attached hydrogens (tertiary/aromatic N) is 1. The maximum atomic E-state index is 5.82. The van der Waals surface area contributed by atoms with Gasteiger partial charge in [0.05, 0.1) is 11.0 Å². The summed E-state index contributed by atoms with van der Waals surface area (Å²) in [7, 11) is 0. The number of H-pyrrole nitrogens is 1. The van der Waals surface area contributed by atoms with E-state index >= 15 is 0 Å². The molecule has 0 bridgehead atoms. The molecule has 0 unspecified atom stereocenters. The Morgan fingerprint density at radius 1 is 1.55 bits per heavy atom. The summed E-state index contributed by atoms with van der Waals surface area (Å²) in [4.78, 5) is 6.90. The monoisotopic (exact) mass is 165 g/mol. The Bertz CT molecular complexity index is 392. The summed E-state index contributed by atoms with van der Waals surface area (Å²) in [5.41, 5.74) is 2.95. The van der Waals surface area contributed by atoms with Crippen molar-refractivity contribution in [2.24, 2.45) is 0 Å². The predicted molar refractivity (Wildman–Crippen MR) is 44.7 cm³/mol. The Labute approximate surface area is 69.2 Å². The van der Waals surface area contributed by atoms with Crippen LogP contribution in [0.25, 0.3) is 11.0 Å². The second-order valence-electron chi connectivity index (χ2n) is 2.47. The highest BCUT2D eigenvalue weighted by atomic mass is 35.5. The van der Waals surface area contributed by atoms with Gasteiger partial charge in [0.1, 0.15) is 0 Å². The van der Waals surface area contributed by atoms with E-state index in [0.29, 0.717) is 0 Å². The molecular formula is C8H6ClN2. The van der Waals surface area contributed by atoms with Crippen molar-refractivity contribution in [1.29, 1.82) is 0 Å². The quantitative estimate of drug-likeness (QED) is 0.638. The van der Waals surface area contributed by atoms with Crippen molar-refractivity contribution in [3.63, 3.8) is 0 Å². The van der Waals surface area contributed by atoms with Crippen molar-refractivity contribution >= 4 is 22.6 Å². The molecule has 1 N–H and O–H groups in total. The lowest BCUT2D eigenvalue weighted by atomic mass is 10.2. The van der Waals surface area contributed by atoms with Gasteiger partial charge in [-0.25, -0.2) is 4.98 Å². The molecule has 0 saturated heterocycles. The average molecular weight is 166 g/mol. The number of rotatable bonds is 0. The molecule has 0 aliphatic carbocycles. The third kappa shape index (κ3) is 0.994. The Morgan fingerprint density at radius 2 is 2.36 bits per heavy atom. The van der Waals surface area contributed by atoms with Crippen molar-refractivity contribution in [1.82, 2.24) is 9.97 Å². The molecule has 1 aromatic heterocycles. The van der Waals surface area contributed by atoms with Gasteiger partial charge in [-0.05, 0) is 24.6 Å². The second kappa shape index (κ2) is 2.24. The van der Waals surface area contributed by atoms with E-state index in [1.165, 1.54) is 0 Å². The summed E-state index contributed by atoms with van der Waals surface area (Å²) in [5, 5.41) is 0.729. The third-order valence-corrected chi connectivity index (χ3v) is 1.84. The summed E-state index contributed by atoms with van der Waals surface area (Å²) in [6, 6.07) is 3.73. The van der Waals surface area contributed by atoms with Crippen LogP contribution >= 0.6 is 11.6 Å². The van der Waals surface area contributed by atoms with Gasteiger partial charge in [0.2, 0.25) is 0 Å². The van der Waals surface area contributed by atoms with Gasteiger partial charge in [-0.1, -0.05) is 11.6 Å². The molecule has 2 nitrogen and oxygen atoms in total. The first kappa shape index (κ1) is 6.68. The van der Waals surface area contributed by atoms with Gasteiger partial charge >= 0.3 is 0 Å². The van der Waals surface area contributed by atoms with Gasteiger partial charge in [-0.15, -0.1) is 0 Å². The Balaban J connectivity index is 2.91. The van der Waals surface area contributed by atoms with Gasteiger partial charge in [0.15, 0.2) is 6.33 Å². The zero-order chi connectivity index (χ0) is 7.84. The number of benzene rings is 1. The molecule has 0 aliphatic heterocycles. The molecular weight excluding hydrogens is 160 g/mol. The molecule has 0 fully saturated rings. The van der Waals surface area contributed by atoms with Crippen LogP contribution in [-0.2, 0) is 0 Å². The van der Waals surface area contributed by atoms with E-state index in [0.717, 1.165) is 21.6 Å². The van der Waals surface area contributed by atoms with E-state index in [2.05, 4.69) is 16.3 Å². The first-order valence-corrected chi connectivity index (χ1v) is 3.67. The minimum atomic E-state index is 0.729. The van der Waals surface area contributed by atoms with E-state index in [4.69, 9.17) is 11.6 Å². The molecule has 0 aliphatic rings. The Kier molecular flexibility index (Phi) is 1.36. The minimum Gasteiger partial charge on any atom is -0.335 e. The smallest absolute Gasteiger partial charge is 0.174 e. The number of hydrogen-bond donors (Lipinski definition) is 1. The molecule has 0 amide bonds. The van der Waals surface area contributed by atoms with Gasteiger partial charge in [-0.2, -0.15) is 0 Å². The van der Waals surface area contributed by atoms with Crippen LogP contribution in [0.2, 0.25) is 5.02 Å². The van der Waals surface area contributed by atoms with E-state index in [-0.39, 0.29) is 0 Å². The van der Waals surface area contributed by atoms with Crippen LogP contribution in [0.1, 0.15) is 5.56 Å². The van der Waals surface area contributed by atoms with Crippen LogP contribution in [-0.4, -0.2) is 9.97 Å². The molecule has 3 heteroatoms. The molecule has 11 heavy (non-hydrogen) atoms. The number of aromatic nitrogens is 2. The van der Waals surface area contributed by atoms with Crippen LogP contribution in [0.15, 0.2) is 12.1 Å². The van der Waals surface area contributed by atoms with Gasteiger partial charge in [-0.3, -0.25) is 0 Å².